The van der Waals surface area contributed by atoms with Gasteiger partial charge in [-0.1, -0.05) is 13.3 Å². The lowest BCUT2D eigenvalue weighted by molar-refractivity contribution is 0.0803. The van der Waals surface area contributed by atoms with Gasteiger partial charge in [0.05, 0.1) is 0 Å². The smallest absolute Gasteiger partial charge is 0.427 e. The quantitative estimate of drug-likeness (QED) is 0.565. The van der Waals surface area contributed by atoms with E-state index < -0.39 is 6.16 Å². The largest absolute Gasteiger partial charge is 0.509 e. The number of carbonyl (C=O) groups is 1. The van der Waals surface area contributed by atoms with Crippen molar-refractivity contribution in [2.45, 2.75) is 44.8 Å². The molecule has 0 aromatic heterocycles. The van der Waals surface area contributed by atoms with Crippen molar-refractivity contribution < 1.29 is 14.3 Å². The summed E-state index contributed by atoms with van der Waals surface area (Å²) >= 11 is 0. The predicted octanol–water partition coefficient (Wildman–Crippen LogP) is 2.10. The van der Waals surface area contributed by atoms with Crippen LogP contribution in [0, 0.1) is 5.92 Å². The molecule has 0 radical (unpaired) electrons. The summed E-state index contributed by atoms with van der Waals surface area (Å²) in [5, 5.41) is 0. The first-order valence-corrected chi connectivity index (χ1v) is 4.67. The first-order valence-electron chi connectivity index (χ1n) is 4.67. The molecule has 0 aromatic rings. The van der Waals surface area contributed by atoms with Crippen molar-refractivity contribution in [2.75, 3.05) is 0 Å². The fourth-order valence-electron chi connectivity index (χ4n) is 2.09. The minimum Gasteiger partial charge on any atom is -0.427 e. The highest BCUT2D eigenvalue weighted by Crippen LogP contribution is 2.34. The maximum absolute atomic E-state index is 10.8. The number of hydrogen-bond donors (Lipinski definition) is 0. The molecule has 2 rings (SSSR count). The summed E-state index contributed by atoms with van der Waals surface area (Å²) in [5.41, 5.74) is 0. The molecule has 1 aliphatic carbocycles. The van der Waals surface area contributed by atoms with Gasteiger partial charge in [-0.25, -0.2) is 4.79 Å². The number of ether oxygens (including phenoxy) is 2. The molecule has 1 saturated carbocycles. The Bertz CT molecular complexity index is 190. The molecule has 0 spiro atoms. The van der Waals surface area contributed by atoms with Crippen LogP contribution < -0.4 is 0 Å². The molecule has 0 bridgehead atoms. The van der Waals surface area contributed by atoms with E-state index >= 15 is 0 Å². The van der Waals surface area contributed by atoms with Crippen LogP contribution >= 0.6 is 0 Å². The first-order chi connectivity index (χ1) is 5.79. The van der Waals surface area contributed by atoms with Gasteiger partial charge in [-0.2, -0.15) is 0 Å². The standard InChI is InChI=1S/C9H14O3/c1-2-6-3-4-7-8(5-6)12-9(10)11-7/h6-8H,2-5H2,1H3. The van der Waals surface area contributed by atoms with Gasteiger partial charge in [0.1, 0.15) is 12.2 Å². The fourth-order valence-corrected chi connectivity index (χ4v) is 2.09. The third kappa shape index (κ3) is 1.28. The van der Waals surface area contributed by atoms with Gasteiger partial charge in [-0.15, -0.1) is 0 Å². The van der Waals surface area contributed by atoms with Crippen molar-refractivity contribution in [1.29, 1.82) is 0 Å². The number of rotatable bonds is 1. The molecule has 1 aliphatic heterocycles. The highest BCUT2D eigenvalue weighted by molar-refractivity contribution is 5.62. The maximum Gasteiger partial charge on any atom is 0.509 e. The van der Waals surface area contributed by atoms with E-state index in [1.54, 1.807) is 0 Å². The Balaban J connectivity index is 1.97. The van der Waals surface area contributed by atoms with E-state index in [1.165, 1.54) is 12.8 Å². The van der Waals surface area contributed by atoms with Crippen LogP contribution in [0.15, 0.2) is 0 Å². The zero-order chi connectivity index (χ0) is 8.55. The van der Waals surface area contributed by atoms with E-state index in [4.69, 9.17) is 9.47 Å². The van der Waals surface area contributed by atoms with Crippen LogP contribution in [-0.4, -0.2) is 18.4 Å². The summed E-state index contributed by atoms with van der Waals surface area (Å²) < 4.78 is 10.0. The zero-order valence-corrected chi connectivity index (χ0v) is 7.29. The molecule has 2 aliphatic rings. The summed E-state index contributed by atoms with van der Waals surface area (Å²) in [6.07, 6.45) is 3.97. The predicted molar refractivity (Wildman–Crippen MR) is 42.8 cm³/mol. The number of carbonyl (C=O) groups excluding carboxylic acids is 1. The van der Waals surface area contributed by atoms with Gasteiger partial charge in [0, 0.05) is 0 Å². The normalized spacial score (nSPS) is 40.1. The summed E-state index contributed by atoms with van der Waals surface area (Å²) in [5.74, 6) is 0.723. The van der Waals surface area contributed by atoms with E-state index in [-0.39, 0.29) is 12.2 Å². The van der Waals surface area contributed by atoms with Gasteiger partial charge < -0.3 is 9.47 Å². The molecule has 0 N–H and O–H groups in total. The molecule has 68 valence electrons. The minimum absolute atomic E-state index is 0.0520. The Morgan fingerprint density at radius 3 is 2.83 bits per heavy atom. The second kappa shape index (κ2) is 2.96. The summed E-state index contributed by atoms with van der Waals surface area (Å²) in [4.78, 5) is 10.8. The second-order valence-electron chi connectivity index (χ2n) is 3.65. The maximum atomic E-state index is 10.8. The van der Waals surface area contributed by atoms with Crippen molar-refractivity contribution in [3.63, 3.8) is 0 Å². The molecular weight excluding hydrogens is 156 g/mol. The average molecular weight is 170 g/mol. The van der Waals surface area contributed by atoms with E-state index in [9.17, 15) is 4.79 Å². The average Bonchev–Trinajstić information content (AvgIpc) is 2.43. The van der Waals surface area contributed by atoms with Gasteiger partial charge in [0.2, 0.25) is 0 Å². The van der Waals surface area contributed by atoms with E-state index in [0.29, 0.717) is 0 Å². The van der Waals surface area contributed by atoms with Crippen molar-refractivity contribution in [1.82, 2.24) is 0 Å². The molecule has 3 nitrogen and oxygen atoms in total. The molecule has 3 heteroatoms. The molecule has 12 heavy (non-hydrogen) atoms. The fraction of sp³-hybridized carbons (Fsp3) is 0.889. The molecule has 0 amide bonds. The molecule has 1 heterocycles. The summed E-state index contributed by atoms with van der Waals surface area (Å²) in [6.45, 7) is 2.18. The lowest BCUT2D eigenvalue weighted by atomic mass is 9.84. The van der Waals surface area contributed by atoms with Crippen LogP contribution in [-0.2, 0) is 9.47 Å². The van der Waals surface area contributed by atoms with Gasteiger partial charge in [-0.3, -0.25) is 0 Å². The first kappa shape index (κ1) is 7.90. The monoisotopic (exact) mass is 170 g/mol. The van der Waals surface area contributed by atoms with Gasteiger partial charge in [0.15, 0.2) is 0 Å². The third-order valence-electron chi connectivity index (χ3n) is 2.91. The Morgan fingerprint density at radius 2 is 2.08 bits per heavy atom. The third-order valence-corrected chi connectivity index (χ3v) is 2.91. The Hall–Kier alpha value is -0.730. The number of fused-ring (bicyclic) bond motifs is 1. The van der Waals surface area contributed by atoms with Gasteiger partial charge >= 0.3 is 6.16 Å². The molecular formula is C9H14O3. The lowest BCUT2D eigenvalue weighted by Gasteiger charge is -2.27. The van der Waals surface area contributed by atoms with Crippen LogP contribution in [0.25, 0.3) is 0 Å². The molecule has 3 unspecified atom stereocenters. The minimum atomic E-state index is -0.471. The van der Waals surface area contributed by atoms with Crippen LogP contribution in [0.4, 0.5) is 4.79 Å². The Labute approximate surface area is 72.0 Å². The molecule has 2 fully saturated rings. The van der Waals surface area contributed by atoms with Crippen LogP contribution in [0.2, 0.25) is 0 Å². The van der Waals surface area contributed by atoms with E-state index in [0.717, 1.165) is 18.8 Å². The molecule has 0 aromatic carbocycles. The van der Waals surface area contributed by atoms with Crippen LogP contribution in [0.3, 0.4) is 0 Å². The van der Waals surface area contributed by atoms with Crippen molar-refractivity contribution in [3.05, 3.63) is 0 Å². The van der Waals surface area contributed by atoms with Crippen LogP contribution in [0.5, 0.6) is 0 Å². The topological polar surface area (TPSA) is 35.5 Å². The lowest BCUT2D eigenvalue weighted by Crippen LogP contribution is -2.30. The Morgan fingerprint density at radius 1 is 1.33 bits per heavy atom. The summed E-state index contributed by atoms with van der Waals surface area (Å²) in [7, 11) is 0. The van der Waals surface area contributed by atoms with Crippen LogP contribution in [0.1, 0.15) is 32.6 Å². The van der Waals surface area contributed by atoms with Crippen molar-refractivity contribution in [3.8, 4) is 0 Å². The summed E-state index contributed by atoms with van der Waals surface area (Å²) in [6, 6.07) is 0. The second-order valence-corrected chi connectivity index (χ2v) is 3.65. The van der Waals surface area contributed by atoms with Crippen molar-refractivity contribution in [2.24, 2.45) is 5.92 Å². The molecule has 1 saturated heterocycles. The van der Waals surface area contributed by atoms with E-state index in [1.807, 2.05) is 0 Å². The van der Waals surface area contributed by atoms with Gasteiger partial charge in [0.25, 0.3) is 0 Å². The van der Waals surface area contributed by atoms with Gasteiger partial charge in [-0.05, 0) is 25.2 Å². The highest BCUT2D eigenvalue weighted by Gasteiger charge is 2.40. The SMILES string of the molecule is CCC1CCC2OC(=O)OC2C1. The van der Waals surface area contributed by atoms with Crippen molar-refractivity contribution >= 4 is 6.16 Å². The number of hydrogen-bond acceptors (Lipinski definition) is 3. The van der Waals surface area contributed by atoms with E-state index in [2.05, 4.69) is 6.92 Å². The zero-order valence-electron chi connectivity index (χ0n) is 7.29. The molecule has 3 atom stereocenters. The highest BCUT2D eigenvalue weighted by atomic mass is 16.8. The Kier molecular flexibility index (Phi) is 1.95.